The molecule has 2 aromatic carbocycles. The molecule has 0 radical (unpaired) electrons. The van der Waals surface area contributed by atoms with Gasteiger partial charge < -0.3 is 20.6 Å². The standard InChI is InChI=1S/C36H47N5O4/c1-35(2,3)27-13-11-26(12-14-27)33(44)40-30(34(45)37-18-15-31(42)43)21-24-7-9-25(10-8-24)32-38-22-29(23-39-32)41-19-16-28(17-20-41)36(4,5)6/h7-14,22-23,28,30H,15-21H2,1-6H3,(H,37,45)(H,40,44)(H,42,43). The predicted octanol–water partition coefficient (Wildman–Crippen LogP) is 5.64. The summed E-state index contributed by atoms with van der Waals surface area (Å²) in [5.41, 5.74) is 4.53. The summed E-state index contributed by atoms with van der Waals surface area (Å²) in [7, 11) is 0. The van der Waals surface area contributed by atoms with Crippen LogP contribution in [0.1, 0.15) is 82.3 Å². The molecule has 45 heavy (non-hydrogen) atoms. The molecular weight excluding hydrogens is 566 g/mol. The number of nitrogens with one attached hydrogen (secondary N) is 2. The van der Waals surface area contributed by atoms with Crippen LogP contribution in [0.3, 0.4) is 0 Å². The third-order valence-corrected chi connectivity index (χ3v) is 8.65. The zero-order valence-electron chi connectivity index (χ0n) is 27.4. The van der Waals surface area contributed by atoms with E-state index in [4.69, 9.17) is 5.11 Å². The van der Waals surface area contributed by atoms with Crippen LogP contribution in [0.4, 0.5) is 5.69 Å². The van der Waals surface area contributed by atoms with Gasteiger partial charge in [-0.2, -0.15) is 0 Å². The van der Waals surface area contributed by atoms with Gasteiger partial charge in [-0.25, -0.2) is 9.97 Å². The molecule has 1 atom stereocenters. The van der Waals surface area contributed by atoms with Crippen molar-refractivity contribution in [1.29, 1.82) is 0 Å². The highest BCUT2D eigenvalue weighted by Crippen LogP contribution is 2.35. The van der Waals surface area contributed by atoms with E-state index in [0.29, 0.717) is 16.8 Å². The topological polar surface area (TPSA) is 125 Å². The minimum absolute atomic E-state index is 0.0261. The summed E-state index contributed by atoms with van der Waals surface area (Å²) in [5.74, 6) is -0.487. The molecule has 9 heteroatoms. The number of nitrogens with zero attached hydrogens (tertiary/aromatic N) is 3. The molecule has 1 saturated heterocycles. The molecular formula is C36H47N5O4. The quantitative estimate of drug-likeness (QED) is 0.271. The van der Waals surface area contributed by atoms with E-state index in [1.807, 2.05) is 48.8 Å². The maximum absolute atomic E-state index is 13.1. The Hall–Kier alpha value is -4.27. The zero-order valence-corrected chi connectivity index (χ0v) is 27.4. The molecule has 0 saturated carbocycles. The molecule has 2 amide bonds. The number of aromatic nitrogens is 2. The fourth-order valence-corrected chi connectivity index (χ4v) is 5.65. The molecule has 1 aliphatic heterocycles. The summed E-state index contributed by atoms with van der Waals surface area (Å²) < 4.78 is 0. The normalized spacial score (nSPS) is 14.9. The van der Waals surface area contributed by atoms with E-state index in [9.17, 15) is 14.4 Å². The van der Waals surface area contributed by atoms with Crippen molar-refractivity contribution in [2.75, 3.05) is 24.5 Å². The number of benzene rings is 2. The lowest BCUT2D eigenvalue weighted by Crippen LogP contribution is -2.48. The Morgan fingerprint density at radius 3 is 2.04 bits per heavy atom. The van der Waals surface area contributed by atoms with Gasteiger partial charge in [-0.05, 0) is 52.8 Å². The smallest absolute Gasteiger partial charge is 0.305 e. The van der Waals surface area contributed by atoms with E-state index < -0.39 is 17.9 Å². The summed E-state index contributed by atoms with van der Waals surface area (Å²) in [4.78, 5) is 48.8. The fraction of sp³-hybridized carbons (Fsp3) is 0.472. The summed E-state index contributed by atoms with van der Waals surface area (Å²) >= 11 is 0. The van der Waals surface area contributed by atoms with Gasteiger partial charge in [0.1, 0.15) is 6.04 Å². The molecule has 0 bridgehead atoms. The Morgan fingerprint density at radius 2 is 1.51 bits per heavy atom. The second-order valence-electron chi connectivity index (χ2n) is 14.1. The van der Waals surface area contributed by atoms with Crippen molar-refractivity contribution in [1.82, 2.24) is 20.6 Å². The molecule has 4 rings (SSSR count). The lowest BCUT2D eigenvalue weighted by atomic mass is 9.75. The van der Waals surface area contributed by atoms with Gasteiger partial charge in [-0.15, -0.1) is 0 Å². The lowest BCUT2D eigenvalue weighted by molar-refractivity contribution is -0.137. The highest BCUT2D eigenvalue weighted by molar-refractivity contribution is 5.97. The first kappa shape index (κ1) is 33.6. The molecule has 240 valence electrons. The number of anilines is 1. The van der Waals surface area contributed by atoms with Gasteiger partial charge in [0.25, 0.3) is 5.91 Å². The number of carbonyl (C=O) groups is 3. The third kappa shape index (κ3) is 9.36. The van der Waals surface area contributed by atoms with Gasteiger partial charge in [-0.1, -0.05) is 77.9 Å². The summed E-state index contributed by atoms with van der Waals surface area (Å²) in [5, 5.41) is 14.5. The molecule has 1 fully saturated rings. The van der Waals surface area contributed by atoms with Crippen molar-refractivity contribution in [3.63, 3.8) is 0 Å². The predicted molar refractivity (Wildman–Crippen MR) is 177 cm³/mol. The van der Waals surface area contributed by atoms with Crippen LogP contribution in [0.5, 0.6) is 0 Å². The number of hydrogen-bond donors (Lipinski definition) is 3. The van der Waals surface area contributed by atoms with Crippen LogP contribution in [-0.4, -0.2) is 58.5 Å². The van der Waals surface area contributed by atoms with Crippen LogP contribution in [-0.2, 0) is 21.4 Å². The summed E-state index contributed by atoms with van der Waals surface area (Å²) in [6, 6.07) is 14.1. The monoisotopic (exact) mass is 613 g/mol. The molecule has 2 heterocycles. The van der Waals surface area contributed by atoms with E-state index in [2.05, 4.69) is 67.0 Å². The number of piperidine rings is 1. The van der Waals surface area contributed by atoms with Crippen molar-refractivity contribution in [2.45, 2.75) is 78.7 Å². The van der Waals surface area contributed by atoms with Crippen molar-refractivity contribution >= 4 is 23.5 Å². The van der Waals surface area contributed by atoms with Gasteiger partial charge in [0.2, 0.25) is 5.91 Å². The number of aliphatic carboxylic acids is 1. The van der Waals surface area contributed by atoms with Gasteiger partial charge in [0.15, 0.2) is 5.82 Å². The number of carbonyl (C=O) groups excluding carboxylic acids is 2. The number of carboxylic acid groups (broad SMARTS) is 1. The van der Waals surface area contributed by atoms with Gasteiger partial charge in [-0.3, -0.25) is 14.4 Å². The molecule has 1 unspecified atom stereocenters. The maximum atomic E-state index is 13.1. The first-order valence-electron chi connectivity index (χ1n) is 15.8. The van der Waals surface area contributed by atoms with E-state index >= 15 is 0 Å². The van der Waals surface area contributed by atoms with Crippen LogP contribution in [0, 0.1) is 11.3 Å². The van der Waals surface area contributed by atoms with Crippen LogP contribution in [0.2, 0.25) is 0 Å². The molecule has 0 aliphatic carbocycles. The molecule has 9 nitrogen and oxygen atoms in total. The number of carboxylic acids is 1. The SMILES string of the molecule is CC(C)(C)c1ccc(C(=O)NC(Cc2ccc(-c3ncc(N4CCC(C(C)(C)C)CC4)cn3)cc2)C(=O)NCCC(=O)O)cc1. The Bertz CT molecular complexity index is 1450. The molecule has 1 aromatic heterocycles. The minimum atomic E-state index is -1.01. The minimum Gasteiger partial charge on any atom is -0.481 e. The molecule has 3 aromatic rings. The number of hydrogen-bond acceptors (Lipinski definition) is 6. The van der Waals surface area contributed by atoms with Crippen molar-refractivity contribution in [3.8, 4) is 11.4 Å². The van der Waals surface area contributed by atoms with Gasteiger partial charge in [0, 0.05) is 37.2 Å². The summed E-state index contributed by atoms with van der Waals surface area (Å²) in [6.07, 6.45) is 6.12. The van der Waals surface area contributed by atoms with Crippen molar-refractivity contribution in [3.05, 3.63) is 77.6 Å². The van der Waals surface area contributed by atoms with E-state index in [0.717, 1.165) is 54.2 Å². The van der Waals surface area contributed by atoms with E-state index in [1.54, 1.807) is 12.1 Å². The largest absolute Gasteiger partial charge is 0.481 e. The first-order valence-corrected chi connectivity index (χ1v) is 15.8. The Balaban J connectivity index is 1.42. The molecule has 1 aliphatic rings. The highest BCUT2D eigenvalue weighted by Gasteiger charge is 2.29. The van der Waals surface area contributed by atoms with Crippen molar-refractivity contribution in [2.24, 2.45) is 11.3 Å². The average Bonchev–Trinajstić information content (AvgIpc) is 3.00. The second kappa shape index (κ2) is 14.2. The second-order valence-corrected chi connectivity index (χ2v) is 14.1. The lowest BCUT2D eigenvalue weighted by Gasteiger charge is -2.39. The Morgan fingerprint density at radius 1 is 0.911 bits per heavy atom. The van der Waals surface area contributed by atoms with Crippen LogP contribution < -0.4 is 15.5 Å². The number of rotatable bonds is 10. The summed E-state index contributed by atoms with van der Waals surface area (Å²) in [6.45, 7) is 15.2. The maximum Gasteiger partial charge on any atom is 0.305 e. The average molecular weight is 614 g/mol. The van der Waals surface area contributed by atoms with Crippen LogP contribution >= 0.6 is 0 Å². The fourth-order valence-electron chi connectivity index (χ4n) is 5.65. The van der Waals surface area contributed by atoms with Gasteiger partial charge >= 0.3 is 5.97 Å². The molecule has 3 N–H and O–H groups in total. The van der Waals surface area contributed by atoms with Crippen LogP contribution in [0.25, 0.3) is 11.4 Å². The highest BCUT2D eigenvalue weighted by atomic mass is 16.4. The van der Waals surface area contributed by atoms with Crippen molar-refractivity contribution < 1.29 is 19.5 Å². The molecule has 0 spiro atoms. The van der Waals surface area contributed by atoms with E-state index in [1.165, 1.54) is 0 Å². The van der Waals surface area contributed by atoms with Gasteiger partial charge in [0.05, 0.1) is 24.5 Å². The Kier molecular flexibility index (Phi) is 10.6. The van der Waals surface area contributed by atoms with E-state index in [-0.39, 0.29) is 30.7 Å². The number of amides is 2. The van der Waals surface area contributed by atoms with Crippen LogP contribution in [0.15, 0.2) is 60.9 Å². The zero-order chi connectivity index (χ0) is 32.8. The first-order chi connectivity index (χ1) is 21.2. The third-order valence-electron chi connectivity index (χ3n) is 8.65. The Labute approximate surface area is 266 Å².